The first kappa shape index (κ1) is 16.3. The second kappa shape index (κ2) is 6.61. The molecule has 0 unspecified atom stereocenters. The van der Waals surface area contributed by atoms with Crippen molar-refractivity contribution >= 4 is 11.6 Å². The van der Waals surface area contributed by atoms with Crippen LogP contribution in [0.4, 0.5) is 18.9 Å². The van der Waals surface area contributed by atoms with Crippen LogP contribution in [0.25, 0.3) is 0 Å². The molecule has 4 nitrogen and oxygen atoms in total. The molecule has 0 radical (unpaired) electrons. The zero-order chi connectivity index (χ0) is 16.0. The minimum atomic E-state index is -4.47. The van der Waals surface area contributed by atoms with E-state index < -0.39 is 29.0 Å². The lowest BCUT2D eigenvalue weighted by atomic mass is 10.2. The standard InChI is InChI=1S/C14H11F3N2O2/c1-2-3-12(20)11(8-18)13(21)19-10-6-4-9(5-7-10)14(15,16)17/h2-7,20H,1H3,(H,19,21). The minimum Gasteiger partial charge on any atom is -0.506 e. The maximum absolute atomic E-state index is 12.4. The molecule has 0 aliphatic carbocycles. The number of nitriles is 1. The second-order valence-corrected chi connectivity index (χ2v) is 3.90. The summed E-state index contributed by atoms with van der Waals surface area (Å²) in [6, 6.07) is 5.25. The van der Waals surface area contributed by atoms with Crippen molar-refractivity contribution in [2.24, 2.45) is 0 Å². The second-order valence-electron chi connectivity index (χ2n) is 3.90. The van der Waals surface area contributed by atoms with Crippen molar-refractivity contribution < 1.29 is 23.1 Å². The van der Waals surface area contributed by atoms with Crippen LogP contribution in [0.15, 0.2) is 47.7 Å². The van der Waals surface area contributed by atoms with E-state index in [9.17, 15) is 23.1 Å². The molecule has 0 fully saturated rings. The van der Waals surface area contributed by atoms with E-state index in [-0.39, 0.29) is 5.69 Å². The van der Waals surface area contributed by atoms with Crippen LogP contribution in [0.2, 0.25) is 0 Å². The number of hydrogen-bond acceptors (Lipinski definition) is 3. The summed E-state index contributed by atoms with van der Waals surface area (Å²) in [7, 11) is 0. The number of nitrogens with one attached hydrogen (secondary N) is 1. The molecule has 0 spiro atoms. The van der Waals surface area contributed by atoms with Crippen molar-refractivity contribution in [3.05, 3.63) is 53.3 Å². The predicted molar refractivity (Wildman–Crippen MR) is 70.2 cm³/mol. The van der Waals surface area contributed by atoms with Crippen LogP contribution < -0.4 is 5.32 Å². The first-order valence-corrected chi connectivity index (χ1v) is 5.74. The van der Waals surface area contributed by atoms with Crippen LogP contribution in [-0.4, -0.2) is 11.0 Å². The van der Waals surface area contributed by atoms with Crippen LogP contribution in [0.5, 0.6) is 0 Å². The van der Waals surface area contributed by atoms with Gasteiger partial charge in [0.2, 0.25) is 0 Å². The zero-order valence-electron chi connectivity index (χ0n) is 10.9. The molecular formula is C14H11F3N2O2. The van der Waals surface area contributed by atoms with Gasteiger partial charge in [-0.15, -0.1) is 0 Å². The van der Waals surface area contributed by atoms with Gasteiger partial charge in [-0.05, 0) is 37.3 Å². The molecular weight excluding hydrogens is 285 g/mol. The number of rotatable bonds is 3. The minimum absolute atomic E-state index is 0.0778. The SMILES string of the molecule is CC=CC(O)=C(C#N)C(=O)Nc1ccc(C(F)(F)F)cc1. The third-order valence-corrected chi connectivity index (χ3v) is 2.39. The lowest BCUT2D eigenvalue weighted by molar-refractivity contribution is -0.137. The van der Waals surface area contributed by atoms with Gasteiger partial charge in [0.05, 0.1) is 5.56 Å². The fourth-order valence-electron chi connectivity index (χ4n) is 1.40. The van der Waals surface area contributed by atoms with Crippen molar-refractivity contribution in [2.45, 2.75) is 13.1 Å². The molecule has 21 heavy (non-hydrogen) atoms. The van der Waals surface area contributed by atoms with Gasteiger partial charge in [0.1, 0.15) is 11.8 Å². The molecule has 1 aromatic rings. The number of alkyl halides is 3. The molecule has 110 valence electrons. The van der Waals surface area contributed by atoms with E-state index in [0.29, 0.717) is 0 Å². The first-order chi connectivity index (χ1) is 9.79. The van der Waals surface area contributed by atoms with E-state index in [4.69, 9.17) is 5.26 Å². The van der Waals surface area contributed by atoms with Crippen molar-refractivity contribution in [1.82, 2.24) is 0 Å². The summed E-state index contributed by atoms with van der Waals surface area (Å²) >= 11 is 0. The van der Waals surface area contributed by atoms with Crippen LogP contribution in [-0.2, 0) is 11.0 Å². The van der Waals surface area contributed by atoms with Gasteiger partial charge in [0.15, 0.2) is 5.57 Å². The Hall–Kier alpha value is -2.75. The summed E-state index contributed by atoms with van der Waals surface area (Å²) in [5, 5.41) is 20.5. The normalized spacial score (nSPS) is 12.7. The lowest BCUT2D eigenvalue weighted by Gasteiger charge is -2.08. The van der Waals surface area contributed by atoms with Crippen LogP contribution in [0, 0.1) is 11.3 Å². The number of carbonyl (C=O) groups is 1. The Labute approximate surface area is 118 Å². The number of nitrogens with zero attached hydrogens (tertiary/aromatic N) is 1. The van der Waals surface area contributed by atoms with E-state index in [2.05, 4.69) is 5.32 Å². The van der Waals surface area contributed by atoms with Gasteiger partial charge in [-0.1, -0.05) is 6.08 Å². The van der Waals surface area contributed by atoms with Gasteiger partial charge in [-0.25, -0.2) is 0 Å². The molecule has 0 heterocycles. The molecule has 0 aromatic heterocycles. The van der Waals surface area contributed by atoms with E-state index in [1.165, 1.54) is 12.1 Å². The Morgan fingerprint density at radius 1 is 1.33 bits per heavy atom. The highest BCUT2D eigenvalue weighted by Crippen LogP contribution is 2.29. The van der Waals surface area contributed by atoms with E-state index >= 15 is 0 Å². The number of amides is 1. The Kier molecular flexibility index (Phi) is 5.13. The maximum Gasteiger partial charge on any atom is 0.416 e. The number of aliphatic hydroxyl groups is 1. The van der Waals surface area contributed by atoms with Gasteiger partial charge in [-0.3, -0.25) is 4.79 Å². The summed E-state index contributed by atoms with van der Waals surface area (Å²) < 4.78 is 37.1. The van der Waals surface area contributed by atoms with Crippen LogP contribution in [0.1, 0.15) is 12.5 Å². The zero-order valence-corrected chi connectivity index (χ0v) is 10.9. The average molecular weight is 296 g/mol. The molecule has 0 aliphatic heterocycles. The maximum atomic E-state index is 12.4. The van der Waals surface area contributed by atoms with Gasteiger partial charge in [0.25, 0.3) is 5.91 Å². The highest BCUT2D eigenvalue weighted by Gasteiger charge is 2.30. The Bertz CT molecular complexity index is 623. The van der Waals surface area contributed by atoms with Crippen molar-refractivity contribution in [3.8, 4) is 6.07 Å². The summed E-state index contributed by atoms with van der Waals surface area (Å²) in [4.78, 5) is 11.7. The van der Waals surface area contributed by atoms with E-state index in [1.807, 2.05) is 0 Å². The lowest BCUT2D eigenvalue weighted by Crippen LogP contribution is -2.15. The van der Waals surface area contributed by atoms with Gasteiger partial charge >= 0.3 is 6.18 Å². The van der Waals surface area contributed by atoms with Gasteiger partial charge in [0, 0.05) is 5.69 Å². The largest absolute Gasteiger partial charge is 0.506 e. The molecule has 1 amide bonds. The van der Waals surface area contributed by atoms with Gasteiger partial charge < -0.3 is 10.4 Å². The fraction of sp³-hybridized carbons (Fsp3) is 0.143. The number of halogens is 3. The number of hydrogen-bond donors (Lipinski definition) is 2. The monoisotopic (exact) mass is 296 g/mol. The average Bonchev–Trinajstić information content (AvgIpc) is 2.39. The van der Waals surface area contributed by atoms with Crippen molar-refractivity contribution in [1.29, 1.82) is 5.26 Å². The molecule has 0 atom stereocenters. The van der Waals surface area contributed by atoms with Crippen LogP contribution in [0.3, 0.4) is 0 Å². The quantitative estimate of drug-likeness (QED) is 0.388. The molecule has 0 saturated heterocycles. The summed E-state index contributed by atoms with van der Waals surface area (Å²) in [6.45, 7) is 1.58. The van der Waals surface area contributed by atoms with Gasteiger partial charge in [-0.2, -0.15) is 18.4 Å². The number of carbonyl (C=O) groups excluding carboxylic acids is 1. The van der Waals surface area contributed by atoms with E-state index in [0.717, 1.165) is 30.3 Å². The van der Waals surface area contributed by atoms with Crippen molar-refractivity contribution in [2.75, 3.05) is 5.32 Å². The van der Waals surface area contributed by atoms with E-state index in [1.54, 1.807) is 6.92 Å². The Balaban J connectivity index is 2.94. The molecule has 2 N–H and O–H groups in total. The molecule has 1 aromatic carbocycles. The number of allylic oxidation sites excluding steroid dienone is 2. The number of aliphatic hydroxyl groups excluding tert-OH is 1. The predicted octanol–water partition coefficient (Wildman–Crippen LogP) is 3.56. The first-order valence-electron chi connectivity index (χ1n) is 5.74. The Morgan fingerprint density at radius 3 is 2.33 bits per heavy atom. The summed E-state index contributed by atoms with van der Waals surface area (Å²) in [5.41, 5.74) is -1.31. The molecule has 0 aliphatic rings. The number of anilines is 1. The molecule has 0 saturated carbocycles. The molecule has 7 heteroatoms. The van der Waals surface area contributed by atoms with Crippen molar-refractivity contribution in [3.63, 3.8) is 0 Å². The third-order valence-electron chi connectivity index (χ3n) is 2.39. The fourth-order valence-corrected chi connectivity index (χ4v) is 1.40. The highest BCUT2D eigenvalue weighted by atomic mass is 19.4. The third kappa shape index (κ3) is 4.38. The van der Waals surface area contributed by atoms with Crippen LogP contribution >= 0.6 is 0 Å². The molecule has 1 rings (SSSR count). The highest BCUT2D eigenvalue weighted by molar-refractivity contribution is 6.07. The number of benzene rings is 1. The molecule has 0 bridgehead atoms. The summed E-state index contributed by atoms with van der Waals surface area (Å²) in [6.07, 6.45) is -1.88. The Morgan fingerprint density at radius 2 is 1.90 bits per heavy atom. The summed E-state index contributed by atoms with van der Waals surface area (Å²) in [5.74, 6) is -1.43. The smallest absolute Gasteiger partial charge is 0.416 e. The topological polar surface area (TPSA) is 73.1 Å².